The first-order valence-corrected chi connectivity index (χ1v) is 7.46. The summed E-state index contributed by atoms with van der Waals surface area (Å²) in [6, 6.07) is 6.31. The highest BCUT2D eigenvalue weighted by molar-refractivity contribution is 8.00. The molecule has 3 rings (SSSR count). The first-order valence-electron chi connectivity index (χ1n) is 6.48. The van der Waals surface area contributed by atoms with E-state index < -0.39 is 0 Å². The molecule has 1 heterocycles. The van der Waals surface area contributed by atoms with E-state index in [1.807, 2.05) is 18.2 Å². The smallest absolute Gasteiger partial charge is 0.234 e. The summed E-state index contributed by atoms with van der Waals surface area (Å²) in [7, 11) is 0. The minimum absolute atomic E-state index is 0.0500. The number of carbonyl (C=O) groups excluding carboxylic acids is 1. The molecule has 5 heteroatoms. The number of rotatable bonds is 2. The van der Waals surface area contributed by atoms with Gasteiger partial charge < -0.3 is 15.7 Å². The fourth-order valence-corrected chi connectivity index (χ4v) is 3.31. The number of thioether (sulfide) groups is 1. The number of amides is 1. The first kappa shape index (κ1) is 12.8. The number of anilines is 2. The Labute approximate surface area is 117 Å². The van der Waals surface area contributed by atoms with Gasteiger partial charge >= 0.3 is 0 Å². The third-order valence-electron chi connectivity index (χ3n) is 4.17. The van der Waals surface area contributed by atoms with Crippen LogP contribution in [0.25, 0.3) is 0 Å². The summed E-state index contributed by atoms with van der Waals surface area (Å²) in [6.07, 6.45) is 0.531. The van der Waals surface area contributed by atoms with Gasteiger partial charge in [-0.3, -0.25) is 4.79 Å². The van der Waals surface area contributed by atoms with Crippen LogP contribution < -0.4 is 10.6 Å². The van der Waals surface area contributed by atoms with Crippen molar-refractivity contribution in [2.24, 2.45) is 5.41 Å². The van der Waals surface area contributed by atoms with Crippen LogP contribution in [0.5, 0.6) is 0 Å². The Morgan fingerprint density at radius 1 is 1.47 bits per heavy atom. The minimum atomic E-state index is -0.238. The Morgan fingerprint density at radius 2 is 2.26 bits per heavy atom. The Hall–Kier alpha value is -1.20. The monoisotopic (exact) mass is 278 g/mol. The molecule has 1 aliphatic heterocycles. The molecule has 0 bridgehead atoms. The molecule has 0 radical (unpaired) electrons. The molecule has 1 fully saturated rings. The Morgan fingerprint density at radius 3 is 2.95 bits per heavy atom. The normalized spacial score (nSPS) is 28.1. The Balaban J connectivity index is 1.76. The summed E-state index contributed by atoms with van der Waals surface area (Å²) < 4.78 is 0. The topological polar surface area (TPSA) is 61.4 Å². The van der Waals surface area contributed by atoms with Crippen molar-refractivity contribution in [3.63, 3.8) is 0 Å². The lowest BCUT2D eigenvalue weighted by molar-refractivity contribution is -0.113. The van der Waals surface area contributed by atoms with E-state index >= 15 is 0 Å². The van der Waals surface area contributed by atoms with Gasteiger partial charge in [0, 0.05) is 22.0 Å². The summed E-state index contributed by atoms with van der Waals surface area (Å²) in [5.41, 5.74) is 1.77. The number of benzene rings is 1. The van der Waals surface area contributed by atoms with E-state index in [4.69, 9.17) is 0 Å². The molecular formula is C14H18N2O2S. The number of aliphatic hydroxyl groups is 1. The fraction of sp³-hybridized carbons (Fsp3) is 0.500. The minimum Gasteiger partial charge on any atom is -0.392 e. The Bertz CT molecular complexity index is 530. The van der Waals surface area contributed by atoms with Crippen LogP contribution in [0.1, 0.15) is 20.3 Å². The van der Waals surface area contributed by atoms with Gasteiger partial charge in [-0.15, -0.1) is 11.8 Å². The number of hydrogen-bond acceptors (Lipinski definition) is 4. The lowest BCUT2D eigenvalue weighted by atomic mass is 9.64. The number of hydrogen-bond donors (Lipinski definition) is 3. The predicted octanol–water partition coefficient (Wildman–Crippen LogP) is 2.30. The van der Waals surface area contributed by atoms with E-state index in [9.17, 15) is 9.90 Å². The van der Waals surface area contributed by atoms with Crippen LogP contribution in [0.3, 0.4) is 0 Å². The zero-order valence-corrected chi connectivity index (χ0v) is 11.9. The molecule has 0 aromatic heterocycles. The van der Waals surface area contributed by atoms with Crippen molar-refractivity contribution >= 4 is 29.0 Å². The SMILES string of the molecule is CC1(C)C(O)CC1Nc1ccc2c(c1)NC(=O)CS2. The molecule has 2 unspecified atom stereocenters. The highest BCUT2D eigenvalue weighted by atomic mass is 32.2. The zero-order valence-electron chi connectivity index (χ0n) is 11.1. The van der Waals surface area contributed by atoms with E-state index in [1.54, 1.807) is 11.8 Å². The molecule has 2 aliphatic rings. The van der Waals surface area contributed by atoms with E-state index in [-0.39, 0.29) is 23.5 Å². The van der Waals surface area contributed by atoms with Gasteiger partial charge in [0.25, 0.3) is 0 Å². The van der Waals surface area contributed by atoms with Crippen molar-refractivity contribution in [3.05, 3.63) is 18.2 Å². The van der Waals surface area contributed by atoms with Gasteiger partial charge in [0.1, 0.15) is 0 Å². The standard InChI is InChI=1S/C14H18N2O2S/c1-14(2)11(6-12(14)17)15-8-3-4-10-9(5-8)16-13(18)7-19-10/h3-5,11-12,15,17H,6-7H2,1-2H3,(H,16,18). The molecule has 0 spiro atoms. The van der Waals surface area contributed by atoms with Crippen LogP contribution in [-0.4, -0.2) is 28.9 Å². The Kier molecular flexibility index (Phi) is 2.98. The predicted molar refractivity (Wildman–Crippen MR) is 77.6 cm³/mol. The van der Waals surface area contributed by atoms with Gasteiger partial charge in [-0.2, -0.15) is 0 Å². The molecule has 1 amide bonds. The van der Waals surface area contributed by atoms with Crippen LogP contribution in [-0.2, 0) is 4.79 Å². The molecule has 1 saturated carbocycles. The average Bonchev–Trinajstić information content (AvgIpc) is 2.38. The molecule has 1 aromatic carbocycles. The molecule has 0 saturated heterocycles. The molecule has 19 heavy (non-hydrogen) atoms. The van der Waals surface area contributed by atoms with Crippen molar-refractivity contribution in [2.45, 2.75) is 37.3 Å². The van der Waals surface area contributed by atoms with Crippen molar-refractivity contribution in [3.8, 4) is 0 Å². The van der Waals surface area contributed by atoms with Crippen molar-refractivity contribution in [1.82, 2.24) is 0 Å². The van der Waals surface area contributed by atoms with Crippen LogP contribution in [0.2, 0.25) is 0 Å². The summed E-state index contributed by atoms with van der Waals surface area (Å²) in [5, 5.41) is 16.1. The summed E-state index contributed by atoms with van der Waals surface area (Å²) >= 11 is 1.56. The van der Waals surface area contributed by atoms with Gasteiger partial charge in [0.05, 0.1) is 17.5 Å². The summed E-state index contributed by atoms with van der Waals surface area (Å²) in [4.78, 5) is 12.5. The van der Waals surface area contributed by atoms with Crippen LogP contribution >= 0.6 is 11.8 Å². The largest absolute Gasteiger partial charge is 0.392 e. The highest BCUT2D eigenvalue weighted by Gasteiger charge is 2.47. The second-order valence-corrected chi connectivity index (χ2v) is 6.83. The van der Waals surface area contributed by atoms with Crippen molar-refractivity contribution < 1.29 is 9.90 Å². The zero-order chi connectivity index (χ0) is 13.6. The molecular weight excluding hydrogens is 260 g/mol. The van der Waals surface area contributed by atoms with Crippen LogP contribution in [0.15, 0.2) is 23.1 Å². The second-order valence-electron chi connectivity index (χ2n) is 5.82. The molecule has 1 aliphatic carbocycles. The molecule has 2 atom stereocenters. The summed E-state index contributed by atoms with van der Waals surface area (Å²) in [6.45, 7) is 4.13. The van der Waals surface area contributed by atoms with Crippen molar-refractivity contribution in [1.29, 1.82) is 0 Å². The van der Waals surface area contributed by atoms with Gasteiger partial charge in [-0.25, -0.2) is 0 Å². The third-order valence-corrected chi connectivity index (χ3v) is 5.24. The molecule has 3 N–H and O–H groups in total. The van der Waals surface area contributed by atoms with Crippen molar-refractivity contribution in [2.75, 3.05) is 16.4 Å². The molecule has 102 valence electrons. The second kappa shape index (κ2) is 4.42. The lowest BCUT2D eigenvalue weighted by Crippen LogP contribution is -2.56. The molecule has 4 nitrogen and oxygen atoms in total. The van der Waals surface area contributed by atoms with Crippen LogP contribution in [0, 0.1) is 5.41 Å². The van der Waals surface area contributed by atoms with Gasteiger partial charge in [-0.05, 0) is 24.6 Å². The highest BCUT2D eigenvalue weighted by Crippen LogP contribution is 2.43. The van der Waals surface area contributed by atoms with Gasteiger partial charge in [0.2, 0.25) is 5.91 Å². The van der Waals surface area contributed by atoms with Gasteiger partial charge in [0.15, 0.2) is 0 Å². The number of nitrogens with one attached hydrogen (secondary N) is 2. The first-order chi connectivity index (χ1) is 8.96. The fourth-order valence-electron chi connectivity index (χ4n) is 2.52. The maximum Gasteiger partial charge on any atom is 0.234 e. The molecule has 1 aromatic rings. The summed E-state index contributed by atoms with van der Waals surface area (Å²) in [5.74, 6) is 0.538. The van der Waals surface area contributed by atoms with E-state index in [0.29, 0.717) is 5.75 Å². The van der Waals surface area contributed by atoms with E-state index in [2.05, 4.69) is 24.5 Å². The van der Waals surface area contributed by atoms with Gasteiger partial charge in [-0.1, -0.05) is 13.8 Å². The van der Waals surface area contributed by atoms with E-state index in [1.165, 1.54) is 0 Å². The quantitative estimate of drug-likeness (QED) is 0.777. The number of fused-ring (bicyclic) bond motifs is 1. The average molecular weight is 278 g/mol. The van der Waals surface area contributed by atoms with Crippen LogP contribution in [0.4, 0.5) is 11.4 Å². The lowest BCUT2D eigenvalue weighted by Gasteiger charge is -2.49. The van der Waals surface area contributed by atoms with E-state index in [0.717, 1.165) is 22.7 Å². The number of aliphatic hydroxyl groups excluding tert-OH is 1. The number of carbonyl (C=O) groups is 1. The third kappa shape index (κ3) is 2.21. The maximum atomic E-state index is 11.4. The maximum absolute atomic E-state index is 11.4.